The van der Waals surface area contributed by atoms with Crippen molar-refractivity contribution >= 4 is 27.5 Å². The van der Waals surface area contributed by atoms with Crippen molar-refractivity contribution in [3.63, 3.8) is 0 Å². The standard InChI is InChI=1S/C11H14N4OS/c1-5-2-3-6-7(4-5)17-10-8(6)9(16)13-11(14-10)15-12/h5H,2-4,12H2,1H3,(H2,13,14,15,16). The largest absolute Gasteiger partial charge is 0.294 e. The van der Waals surface area contributed by atoms with E-state index >= 15 is 0 Å². The molecule has 0 aromatic carbocycles. The maximum atomic E-state index is 12.0. The summed E-state index contributed by atoms with van der Waals surface area (Å²) in [6, 6.07) is 0. The van der Waals surface area contributed by atoms with Gasteiger partial charge in [0.15, 0.2) is 0 Å². The van der Waals surface area contributed by atoms with Gasteiger partial charge in [-0.3, -0.25) is 15.2 Å². The Labute approximate surface area is 102 Å². The number of rotatable bonds is 1. The molecule has 90 valence electrons. The van der Waals surface area contributed by atoms with E-state index in [2.05, 4.69) is 22.3 Å². The highest BCUT2D eigenvalue weighted by atomic mass is 32.1. The van der Waals surface area contributed by atoms with Crippen molar-refractivity contribution in [2.45, 2.75) is 26.2 Å². The predicted molar refractivity (Wildman–Crippen MR) is 69.2 cm³/mol. The number of fused-ring (bicyclic) bond motifs is 3. The van der Waals surface area contributed by atoms with E-state index in [-0.39, 0.29) is 5.56 Å². The maximum Gasteiger partial charge on any atom is 0.261 e. The second-order valence-electron chi connectivity index (χ2n) is 4.59. The molecule has 17 heavy (non-hydrogen) atoms. The lowest BCUT2D eigenvalue weighted by atomic mass is 9.89. The summed E-state index contributed by atoms with van der Waals surface area (Å²) in [6.45, 7) is 2.25. The minimum absolute atomic E-state index is 0.0880. The number of nitrogens with zero attached hydrogens (tertiary/aromatic N) is 1. The second kappa shape index (κ2) is 3.82. The SMILES string of the molecule is CC1CCc2c(sc3nc(NN)[nH]c(=O)c23)C1. The summed E-state index contributed by atoms with van der Waals surface area (Å²) >= 11 is 1.62. The molecule has 2 heterocycles. The third kappa shape index (κ3) is 1.64. The number of hydrogen-bond donors (Lipinski definition) is 3. The van der Waals surface area contributed by atoms with Gasteiger partial charge in [0.1, 0.15) is 4.83 Å². The summed E-state index contributed by atoms with van der Waals surface area (Å²) in [4.78, 5) is 21.1. The first-order chi connectivity index (χ1) is 8.19. The summed E-state index contributed by atoms with van der Waals surface area (Å²) in [7, 11) is 0. The van der Waals surface area contributed by atoms with Crippen molar-refractivity contribution in [1.29, 1.82) is 0 Å². The summed E-state index contributed by atoms with van der Waals surface area (Å²) < 4.78 is 0. The van der Waals surface area contributed by atoms with Crippen molar-refractivity contribution in [2.75, 3.05) is 5.43 Å². The summed E-state index contributed by atoms with van der Waals surface area (Å²) in [5, 5.41) is 0.760. The van der Waals surface area contributed by atoms with E-state index < -0.39 is 0 Å². The Balaban J connectivity index is 2.28. The lowest BCUT2D eigenvalue weighted by molar-refractivity contribution is 0.509. The van der Waals surface area contributed by atoms with Gasteiger partial charge in [0.05, 0.1) is 5.39 Å². The molecule has 2 aromatic rings. The second-order valence-corrected chi connectivity index (χ2v) is 5.67. The van der Waals surface area contributed by atoms with E-state index in [1.807, 2.05) is 0 Å². The molecular weight excluding hydrogens is 236 g/mol. The van der Waals surface area contributed by atoms with Crippen molar-refractivity contribution < 1.29 is 0 Å². The lowest BCUT2D eigenvalue weighted by Crippen LogP contribution is -2.17. The van der Waals surface area contributed by atoms with E-state index in [0.717, 1.165) is 29.5 Å². The number of nitrogens with one attached hydrogen (secondary N) is 2. The molecule has 3 rings (SSSR count). The number of nitrogen functional groups attached to an aromatic ring is 1. The van der Waals surface area contributed by atoms with Gasteiger partial charge in [-0.05, 0) is 30.7 Å². The van der Waals surface area contributed by atoms with Gasteiger partial charge < -0.3 is 0 Å². The van der Waals surface area contributed by atoms with Crippen LogP contribution in [0.25, 0.3) is 10.2 Å². The fraction of sp³-hybridized carbons (Fsp3) is 0.455. The van der Waals surface area contributed by atoms with Crippen LogP contribution < -0.4 is 16.8 Å². The number of thiophene rings is 1. The van der Waals surface area contributed by atoms with E-state index in [9.17, 15) is 4.79 Å². The van der Waals surface area contributed by atoms with Crippen LogP contribution in [0.5, 0.6) is 0 Å². The molecule has 1 atom stereocenters. The highest BCUT2D eigenvalue weighted by Crippen LogP contribution is 2.35. The van der Waals surface area contributed by atoms with Crippen LogP contribution >= 0.6 is 11.3 Å². The zero-order valence-electron chi connectivity index (χ0n) is 9.54. The average molecular weight is 250 g/mol. The van der Waals surface area contributed by atoms with Gasteiger partial charge in [0, 0.05) is 4.88 Å². The third-order valence-corrected chi connectivity index (χ3v) is 4.45. The van der Waals surface area contributed by atoms with Crippen LogP contribution in [0.1, 0.15) is 23.8 Å². The summed E-state index contributed by atoms with van der Waals surface area (Å²) in [6.07, 6.45) is 3.19. The van der Waals surface area contributed by atoms with Gasteiger partial charge in [0.25, 0.3) is 5.56 Å². The first-order valence-electron chi connectivity index (χ1n) is 5.70. The Morgan fingerprint density at radius 2 is 2.41 bits per heavy atom. The number of hydrazine groups is 1. The molecule has 1 aliphatic rings. The maximum absolute atomic E-state index is 12.0. The Kier molecular flexibility index (Phi) is 2.41. The molecule has 2 aromatic heterocycles. The molecule has 1 unspecified atom stereocenters. The molecule has 0 aliphatic heterocycles. The highest BCUT2D eigenvalue weighted by Gasteiger charge is 2.22. The normalized spacial score (nSPS) is 19.3. The van der Waals surface area contributed by atoms with E-state index in [4.69, 9.17) is 5.84 Å². The average Bonchev–Trinajstić information content (AvgIpc) is 2.66. The molecule has 0 bridgehead atoms. The summed E-state index contributed by atoms with van der Waals surface area (Å²) in [5.41, 5.74) is 3.50. The molecule has 0 saturated heterocycles. The zero-order valence-corrected chi connectivity index (χ0v) is 10.4. The van der Waals surface area contributed by atoms with Gasteiger partial charge in [-0.15, -0.1) is 11.3 Å². The van der Waals surface area contributed by atoms with Crippen LogP contribution in [-0.2, 0) is 12.8 Å². The Hall–Kier alpha value is -1.40. The molecule has 6 heteroatoms. The monoisotopic (exact) mass is 250 g/mol. The molecule has 0 spiro atoms. The quantitative estimate of drug-likeness (QED) is 0.527. The molecule has 4 N–H and O–H groups in total. The lowest BCUT2D eigenvalue weighted by Gasteiger charge is -2.17. The first-order valence-corrected chi connectivity index (χ1v) is 6.52. The van der Waals surface area contributed by atoms with Crippen LogP contribution in [0.2, 0.25) is 0 Å². The fourth-order valence-electron chi connectivity index (χ4n) is 2.42. The van der Waals surface area contributed by atoms with Crippen molar-refractivity contribution in [2.24, 2.45) is 11.8 Å². The number of aryl methyl sites for hydroxylation is 1. The number of hydrogen-bond acceptors (Lipinski definition) is 5. The minimum Gasteiger partial charge on any atom is -0.294 e. The number of aromatic amines is 1. The van der Waals surface area contributed by atoms with Gasteiger partial charge in [-0.25, -0.2) is 10.8 Å². The molecular formula is C11H14N4OS. The topological polar surface area (TPSA) is 83.8 Å². The Bertz CT molecular complexity index is 630. The Morgan fingerprint density at radius 1 is 1.59 bits per heavy atom. The summed E-state index contributed by atoms with van der Waals surface area (Å²) in [5.74, 6) is 6.30. The van der Waals surface area contributed by atoms with E-state index in [1.54, 1.807) is 11.3 Å². The van der Waals surface area contributed by atoms with Gasteiger partial charge in [0.2, 0.25) is 5.95 Å². The zero-order chi connectivity index (χ0) is 12.0. The van der Waals surface area contributed by atoms with Gasteiger partial charge in [-0.1, -0.05) is 6.92 Å². The molecule has 0 fully saturated rings. The predicted octanol–water partition coefficient (Wildman–Crippen LogP) is 1.39. The van der Waals surface area contributed by atoms with Crippen molar-refractivity contribution in [3.8, 4) is 0 Å². The van der Waals surface area contributed by atoms with Crippen molar-refractivity contribution in [1.82, 2.24) is 9.97 Å². The van der Waals surface area contributed by atoms with Crippen LogP contribution in [0.4, 0.5) is 5.95 Å². The molecule has 0 amide bonds. The smallest absolute Gasteiger partial charge is 0.261 e. The first kappa shape index (κ1) is 10.7. The minimum atomic E-state index is -0.0880. The van der Waals surface area contributed by atoms with E-state index in [1.165, 1.54) is 10.4 Å². The molecule has 0 saturated carbocycles. The van der Waals surface area contributed by atoms with Gasteiger partial charge >= 0.3 is 0 Å². The highest BCUT2D eigenvalue weighted by molar-refractivity contribution is 7.18. The number of nitrogens with two attached hydrogens (primary N) is 1. The van der Waals surface area contributed by atoms with Gasteiger partial charge in [-0.2, -0.15) is 0 Å². The number of H-pyrrole nitrogens is 1. The molecule has 0 radical (unpaired) electrons. The van der Waals surface area contributed by atoms with Crippen LogP contribution in [0.15, 0.2) is 4.79 Å². The van der Waals surface area contributed by atoms with Crippen molar-refractivity contribution in [3.05, 3.63) is 20.8 Å². The third-order valence-electron chi connectivity index (χ3n) is 3.30. The van der Waals surface area contributed by atoms with Crippen LogP contribution in [0.3, 0.4) is 0 Å². The molecule has 1 aliphatic carbocycles. The fourth-order valence-corrected chi connectivity index (χ4v) is 3.80. The van der Waals surface area contributed by atoms with E-state index in [0.29, 0.717) is 11.9 Å². The van der Waals surface area contributed by atoms with Crippen LogP contribution in [-0.4, -0.2) is 9.97 Å². The Morgan fingerprint density at radius 3 is 3.18 bits per heavy atom. The molecule has 5 nitrogen and oxygen atoms in total. The number of aromatic nitrogens is 2. The van der Waals surface area contributed by atoms with Crippen LogP contribution in [0, 0.1) is 5.92 Å². The number of anilines is 1.